The summed E-state index contributed by atoms with van der Waals surface area (Å²) in [6, 6.07) is 4.67. The fourth-order valence-corrected chi connectivity index (χ4v) is 2.94. The number of nitrogens with one attached hydrogen (secondary N) is 2. The minimum Gasteiger partial charge on any atom is -0.380 e. The number of anilines is 2. The molecule has 1 amide bonds. The summed E-state index contributed by atoms with van der Waals surface area (Å²) in [5.41, 5.74) is 0.872. The molecule has 2 aliphatic rings. The monoisotopic (exact) mass is 322 g/mol. The van der Waals surface area contributed by atoms with Gasteiger partial charge in [-0.15, -0.1) is 0 Å². The molecular weight excluding hydrogens is 299 g/mol. The Labute approximate surface area is 135 Å². The molecule has 0 aliphatic carbocycles. The van der Waals surface area contributed by atoms with Gasteiger partial charge in [-0.05, 0) is 50.3 Å². The van der Waals surface area contributed by atoms with E-state index >= 15 is 0 Å². The number of carbonyl (C=O) groups is 1. The lowest BCUT2D eigenvalue weighted by molar-refractivity contribution is -0.129. The van der Waals surface area contributed by atoms with Crippen LogP contribution in [0.4, 0.5) is 15.8 Å². The molecule has 0 bridgehead atoms. The molecule has 1 aromatic rings. The van der Waals surface area contributed by atoms with Crippen LogP contribution in [0.3, 0.4) is 0 Å². The zero-order chi connectivity index (χ0) is 16.1. The normalized spacial score (nSPS) is 24.4. The van der Waals surface area contributed by atoms with Crippen molar-refractivity contribution in [1.29, 1.82) is 0 Å². The van der Waals surface area contributed by atoms with Crippen LogP contribution in [0, 0.1) is 5.82 Å². The van der Waals surface area contributed by atoms with Crippen LogP contribution in [0.25, 0.3) is 0 Å². The molecule has 5 nitrogen and oxygen atoms in total. The summed E-state index contributed by atoms with van der Waals surface area (Å²) in [5, 5.41) is 5.78. The minimum absolute atomic E-state index is 0.150. The molecule has 0 saturated carbocycles. The van der Waals surface area contributed by atoms with Crippen molar-refractivity contribution < 1.29 is 18.7 Å². The van der Waals surface area contributed by atoms with Gasteiger partial charge in [-0.3, -0.25) is 4.79 Å². The fraction of sp³-hybridized carbons (Fsp3) is 0.588. The third-order valence-corrected chi connectivity index (χ3v) is 4.25. The van der Waals surface area contributed by atoms with E-state index in [9.17, 15) is 9.18 Å². The zero-order valence-corrected chi connectivity index (χ0v) is 13.1. The lowest BCUT2D eigenvalue weighted by atomic mass is 10.1. The number of amides is 1. The molecule has 2 N–H and O–H groups in total. The van der Waals surface area contributed by atoms with Crippen molar-refractivity contribution in [3.05, 3.63) is 24.0 Å². The van der Waals surface area contributed by atoms with Crippen molar-refractivity contribution in [2.75, 3.05) is 30.4 Å². The molecule has 2 heterocycles. The number of hydrogen-bond acceptors (Lipinski definition) is 4. The van der Waals surface area contributed by atoms with Crippen molar-refractivity contribution in [2.45, 2.75) is 44.3 Å². The van der Waals surface area contributed by atoms with Gasteiger partial charge in [0.15, 0.2) is 0 Å². The summed E-state index contributed by atoms with van der Waals surface area (Å²) in [6.45, 7) is 1.99. The first-order chi connectivity index (χ1) is 11.2. The second-order valence-corrected chi connectivity index (χ2v) is 6.06. The first kappa shape index (κ1) is 16.2. The number of hydrogen-bond donors (Lipinski definition) is 2. The van der Waals surface area contributed by atoms with Crippen molar-refractivity contribution in [3.8, 4) is 0 Å². The number of carbonyl (C=O) groups excluding carboxylic acids is 1. The van der Waals surface area contributed by atoms with Crippen LogP contribution in [0.15, 0.2) is 18.2 Å². The molecule has 0 unspecified atom stereocenters. The third-order valence-electron chi connectivity index (χ3n) is 4.25. The van der Waals surface area contributed by atoms with Crippen LogP contribution in [0.2, 0.25) is 0 Å². The van der Waals surface area contributed by atoms with E-state index in [0.29, 0.717) is 24.5 Å². The summed E-state index contributed by atoms with van der Waals surface area (Å²) < 4.78 is 25.1. The maximum absolute atomic E-state index is 14.1. The van der Waals surface area contributed by atoms with Gasteiger partial charge >= 0.3 is 0 Å². The van der Waals surface area contributed by atoms with E-state index in [-0.39, 0.29) is 17.8 Å². The number of rotatable bonds is 5. The first-order valence-electron chi connectivity index (χ1n) is 8.30. The summed E-state index contributed by atoms with van der Waals surface area (Å²) in [4.78, 5) is 12.1. The van der Waals surface area contributed by atoms with Crippen LogP contribution in [0.1, 0.15) is 32.1 Å². The summed E-state index contributed by atoms with van der Waals surface area (Å²) in [6.07, 6.45) is 4.48. The van der Waals surface area contributed by atoms with Gasteiger partial charge in [0.25, 0.3) is 5.91 Å². The van der Waals surface area contributed by atoms with Crippen LogP contribution in [0.5, 0.6) is 0 Å². The highest BCUT2D eigenvalue weighted by molar-refractivity contribution is 5.94. The molecule has 2 atom stereocenters. The van der Waals surface area contributed by atoms with E-state index in [4.69, 9.17) is 9.47 Å². The van der Waals surface area contributed by atoms with E-state index in [0.717, 1.165) is 38.7 Å². The van der Waals surface area contributed by atoms with E-state index in [2.05, 4.69) is 10.6 Å². The maximum atomic E-state index is 14.1. The standard InChI is InChI=1S/C17H23FN2O3/c18-14-10-12(20-17(21)16-5-1-2-8-23-16)6-7-15(14)19-11-13-4-3-9-22-13/h6-7,10,13,16,19H,1-5,8-9,11H2,(H,20,21)/t13-,16+/m0/s1. The molecule has 2 saturated heterocycles. The Hall–Kier alpha value is -1.66. The van der Waals surface area contributed by atoms with Crippen molar-refractivity contribution >= 4 is 17.3 Å². The molecule has 23 heavy (non-hydrogen) atoms. The maximum Gasteiger partial charge on any atom is 0.253 e. The minimum atomic E-state index is -0.427. The predicted octanol–water partition coefficient (Wildman–Crippen LogP) is 2.92. The highest BCUT2D eigenvalue weighted by Crippen LogP contribution is 2.21. The summed E-state index contributed by atoms with van der Waals surface area (Å²) in [5.74, 6) is -0.588. The van der Waals surface area contributed by atoms with Crippen molar-refractivity contribution in [2.24, 2.45) is 0 Å². The Morgan fingerprint density at radius 1 is 1.17 bits per heavy atom. The van der Waals surface area contributed by atoms with Gasteiger partial charge in [0.2, 0.25) is 0 Å². The highest BCUT2D eigenvalue weighted by Gasteiger charge is 2.22. The van der Waals surface area contributed by atoms with E-state index < -0.39 is 6.10 Å². The zero-order valence-electron chi connectivity index (χ0n) is 13.1. The van der Waals surface area contributed by atoms with E-state index in [1.54, 1.807) is 12.1 Å². The lowest BCUT2D eigenvalue weighted by Gasteiger charge is -2.21. The Morgan fingerprint density at radius 2 is 2.04 bits per heavy atom. The molecule has 0 aromatic heterocycles. The molecule has 6 heteroatoms. The molecule has 2 aliphatic heterocycles. The third kappa shape index (κ3) is 4.42. The van der Waals surface area contributed by atoms with Gasteiger partial charge in [-0.1, -0.05) is 0 Å². The van der Waals surface area contributed by atoms with Gasteiger partial charge in [0.05, 0.1) is 11.8 Å². The van der Waals surface area contributed by atoms with Gasteiger partial charge in [-0.2, -0.15) is 0 Å². The number of ether oxygens (including phenoxy) is 2. The SMILES string of the molecule is O=C(Nc1ccc(NC[C@@H]2CCCO2)c(F)c1)[C@H]1CCCCO1. The molecule has 0 radical (unpaired) electrons. The van der Waals surface area contributed by atoms with Gasteiger partial charge < -0.3 is 20.1 Å². The van der Waals surface area contributed by atoms with Gasteiger partial charge in [0.1, 0.15) is 11.9 Å². The average molecular weight is 322 g/mol. The molecule has 1 aromatic carbocycles. The van der Waals surface area contributed by atoms with E-state index in [1.165, 1.54) is 6.07 Å². The topological polar surface area (TPSA) is 59.6 Å². The van der Waals surface area contributed by atoms with Crippen LogP contribution in [-0.2, 0) is 14.3 Å². The molecule has 126 valence electrons. The lowest BCUT2D eigenvalue weighted by Crippen LogP contribution is -2.33. The Bertz CT molecular complexity index is 541. The smallest absolute Gasteiger partial charge is 0.253 e. The predicted molar refractivity (Wildman–Crippen MR) is 86.1 cm³/mol. The molecule has 0 spiro atoms. The van der Waals surface area contributed by atoms with Crippen LogP contribution in [-0.4, -0.2) is 37.9 Å². The highest BCUT2D eigenvalue weighted by atomic mass is 19.1. The molecule has 3 rings (SSSR count). The Kier molecular flexibility index (Phi) is 5.46. The molecule has 2 fully saturated rings. The van der Waals surface area contributed by atoms with Crippen LogP contribution < -0.4 is 10.6 Å². The number of halogens is 1. The Balaban J connectivity index is 1.54. The largest absolute Gasteiger partial charge is 0.380 e. The molecular formula is C17H23FN2O3. The first-order valence-corrected chi connectivity index (χ1v) is 8.30. The van der Waals surface area contributed by atoms with Crippen molar-refractivity contribution in [3.63, 3.8) is 0 Å². The van der Waals surface area contributed by atoms with Gasteiger partial charge in [-0.25, -0.2) is 4.39 Å². The average Bonchev–Trinajstić information content (AvgIpc) is 3.08. The summed E-state index contributed by atoms with van der Waals surface area (Å²) >= 11 is 0. The second-order valence-electron chi connectivity index (χ2n) is 6.06. The number of benzene rings is 1. The fourth-order valence-electron chi connectivity index (χ4n) is 2.94. The van der Waals surface area contributed by atoms with Gasteiger partial charge in [0, 0.05) is 25.4 Å². The second kappa shape index (κ2) is 7.75. The van der Waals surface area contributed by atoms with Crippen LogP contribution >= 0.6 is 0 Å². The van der Waals surface area contributed by atoms with Crippen molar-refractivity contribution in [1.82, 2.24) is 0 Å². The Morgan fingerprint density at radius 3 is 2.74 bits per heavy atom. The summed E-state index contributed by atoms with van der Waals surface area (Å²) in [7, 11) is 0. The quantitative estimate of drug-likeness (QED) is 0.875. The van der Waals surface area contributed by atoms with E-state index in [1.807, 2.05) is 0 Å².